The molecule has 0 aromatic heterocycles. The van der Waals surface area contributed by atoms with Crippen molar-refractivity contribution < 1.29 is 9.53 Å². The van der Waals surface area contributed by atoms with Crippen molar-refractivity contribution in [2.24, 2.45) is 11.8 Å². The van der Waals surface area contributed by atoms with Gasteiger partial charge in [0, 0.05) is 0 Å². The molecule has 2 unspecified atom stereocenters. The van der Waals surface area contributed by atoms with Gasteiger partial charge in [-0.25, -0.2) is 0 Å². The van der Waals surface area contributed by atoms with Crippen LogP contribution in [-0.2, 0) is 9.53 Å². The van der Waals surface area contributed by atoms with Gasteiger partial charge in [0.2, 0.25) is 0 Å². The quantitative estimate of drug-likeness (QED) is 0.120. The molecule has 2 nitrogen and oxygen atoms in total. The van der Waals surface area contributed by atoms with Crippen molar-refractivity contribution in [2.45, 2.75) is 156 Å². The van der Waals surface area contributed by atoms with Crippen LogP contribution in [-0.4, -0.2) is 12.6 Å². The van der Waals surface area contributed by atoms with Gasteiger partial charge < -0.3 is 4.74 Å². The van der Waals surface area contributed by atoms with E-state index in [1.807, 2.05) is 0 Å². The van der Waals surface area contributed by atoms with Crippen molar-refractivity contribution in [3.8, 4) is 0 Å². The summed E-state index contributed by atoms with van der Waals surface area (Å²) in [6.45, 7) is 9.48. The lowest BCUT2D eigenvalue weighted by molar-refractivity contribution is -0.149. The zero-order valence-corrected chi connectivity index (χ0v) is 21.3. The SMILES string of the molecule is CCCCCCCCCCCC(C)C(=O)OCC(CCC)CCCCCCCCC. The van der Waals surface area contributed by atoms with E-state index in [2.05, 4.69) is 27.7 Å². The van der Waals surface area contributed by atoms with Crippen LogP contribution in [0.15, 0.2) is 0 Å². The number of hydrogen-bond donors (Lipinski definition) is 0. The molecule has 0 aromatic carbocycles. The third-order valence-corrected chi connectivity index (χ3v) is 6.52. The summed E-state index contributed by atoms with van der Waals surface area (Å²) in [6.07, 6.45) is 26.1. The number of esters is 1. The first kappa shape index (κ1) is 29.5. The van der Waals surface area contributed by atoms with Gasteiger partial charge >= 0.3 is 5.97 Å². The number of carbonyl (C=O) groups excluding carboxylic acids is 1. The maximum absolute atomic E-state index is 12.4. The monoisotopic (exact) mass is 424 g/mol. The smallest absolute Gasteiger partial charge is 0.308 e. The lowest BCUT2D eigenvalue weighted by Crippen LogP contribution is -2.19. The molecule has 0 aliphatic carbocycles. The Morgan fingerprint density at radius 1 is 0.567 bits per heavy atom. The van der Waals surface area contributed by atoms with E-state index >= 15 is 0 Å². The van der Waals surface area contributed by atoms with Crippen LogP contribution in [0.2, 0.25) is 0 Å². The van der Waals surface area contributed by atoms with Gasteiger partial charge in [0.1, 0.15) is 0 Å². The number of unbranched alkanes of at least 4 members (excludes halogenated alkanes) is 14. The Labute approximate surface area is 190 Å². The minimum Gasteiger partial charge on any atom is -0.465 e. The molecule has 0 aromatic rings. The highest BCUT2D eigenvalue weighted by molar-refractivity contribution is 5.71. The molecular weight excluding hydrogens is 368 g/mol. The molecule has 0 saturated heterocycles. The highest BCUT2D eigenvalue weighted by Gasteiger charge is 2.16. The molecule has 0 bridgehead atoms. The van der Waals surface area contributed by atoms with Crippen molar-refractivity contribution in [1.82, 2.24) is 0 Å². The summed E-state index contributed by atoms with van der Waals surface area (Å²) in [5, 5.41) is 0. The Morgan fingerprint density at radius 2 is 1.00 bits per heavy atom. The standard InChI is InChI=1S/C28H56O2/c1-5-8-10-12-14-15-17-18-20-23-26(4)28(29)30-25-27(22-7-3)24-21-19-16-13-11-9-6-2/h26-27H,5-25H2,1-4H3. The zero-order valence-electron chi connectivity index (χ0n) is 21.3. The van der Waals surface area contributed by atoms with Gasteiger partial charge in [-0.05, 0) is 25.2 Å². The van der Waals surface area contributed by atoms with Crippen molar-refractivity contribution in [1.29, 1.82) is 0 Å². The zero-order chi connectivity index (χ0) is 22.3. The summed E-state index contributed by atoms with van der Waals surface area (Å²) in [5.41, 5.74) is 0. The van der Waals surface area contributed by atoms with Gasteiger partial charge in [0.05, 0.1) is 12.5 Å². The molecule has 0 N–H and O–H groups in total. The average Bonchev–Trinajstić information content (AvgIpc) is 2.75. The van der Waals surface area contributed by atoms with Crippen LogP contribution in [0.5, 0.6) is 0 Å². The first-order valence-corrected chi connectivity index (χ1v) is 13.8. The Balaban J connectivity index is 3.75. The van der Waals surface area contributed by atoms with Crippen LogP contribution in [0.4, 0.5) is 0 Å². The Morgan fingerprint density at radius 3 is 1.47 bits per heavy atom. The summed E-state index contributed by atoms with van der Waals surface area (Å²) in [4.78, 5) is 12.4. The number of hydrogen-bond acceptors (Lipinski definition) is 2. The third-order valence-electron chi connectivity index (χ3n) is 6.52. The molecular formula is C28H56O2. The van der Waals surface area contributed by atoms with Crippen molar-refractivity contribution >= 4 is 5.97 Å². The van der Waals surface area contributed by atoms with Gasteiger partial charge in [0.15, 0.2) is 0 Å². The fourth-order valence-electron chi connectivity index (χ4n) is 4.33. The second-order valence-corrected chi connectivity index (χ2v) is 9.71. The van der Waals surface area contributed by atoms with Crippen LogP contribution in [0, 0.1) is 11.8 Å². The van der Waals surface area contributed by atoms with Crippen LogP contribution in [0.1, 0.15) is 156 Å². The molecule has 0 amide bonds. The van der Waals surface area contributed by atoms with Gasteiger partial charge in [-0.2, -0.15) is 0 Å². The largest absolute Gasteiger partial charge is 0.465 e. The molecule has 0 radical (unpaired) electrons. The fraction of sp³-hybridized carbons (Fsp3) is 0.964. The highest BCUT2D eigenvalue weighted by Crippen LogP contribution is 2.19. The van der Waals surface area contributed by atoms with E-state index < -0.39 is 0 Å². The summed E-state index contributed by atoms with van der Waals surface area (Å²) >= 11 is 0. The second kappa shape index (κ2) is 23.1. The second-order valence-electron chi connectivity index (χ2n) is 9.71. The lowest BCUT2D eigenvalue weighted by Gasteiger charge is -2.18. The number of carbonyl (C=O) groups is 1. The molecule has 0 aliphatic heterocycles. The van der Waals surface area contributed by atoms with E-state index in [0.717, 1.165) is 6.42 Å². The predicted octanol–water partition coefficient (Wildman–Crippen LogP) is 9.64. The Hall–Kier alpha value is -0.530. The minimum absolute atomic E-state index is 0.0373. The van der Waals surface area contributed by atoms with Crippen molar-refractivity contribution in [3.05, 3.63) is 0 Å². The normalized spacial score (nSPS) is 13.3. The van der Waals surface area contributed by atoms with Gasteiger partial charge in [-0.1, -0.05) is 137 Å². The van der Waals surface area contributed by atoms with Crippen LogP contribution >= 0.6 is 0 Å². The molecule has 0 rings (SSSR count). The molecule has 2 atom stereocenters. The van der Waals surface area contributed by atoms with Gasteiger partial charge in [-0.3, -0.25) is 4.79 Å². The van der Waals surface area contributed by atoms with Crippen LogP contribution < -0.4 is 0 Å². The summed E-state index contributed by atoms with van der Waals surface area (Å²) in [6, 6.07) is 0. The molecule has 0 heterocycles. The summed E-state index contributed by atoms with van der Waals surface area (Å²) in [7, 11) is 0. The maximum atomic E-state index is 12.4. The molecule has 0 fully saturated rings. The first-order valence-electron chi connectivity index (χ1n) is 13.8. The highest BCUT2D eigenvalue weighted by atomic mass is 16.5. The first-order chi connectivity index (χ1) is 14.7. The van der Waals surface area contributed by atoms with Gasteiger partial charge in [-0.15, -0.1) is 0 Å². The van der Waals surface area contributed by atoms with E-state index in [-0.39, 0.29) is 11.9 Å². The third kappa shape index (κ3) is 19.4. The molecule has 2 heteroatoms. The topological polar surface area (TPSA) is 26.3 Å². The average molecular weight is 425 g/mol. The van der Waals surface area contributed by atoms with E-state index in [9.17, 15) is 4.79 Å². The molecule has 0 spiro atoms. The van der Waals surface area contributed by atoms with Crippen molar-refractivity contribution in [2.75, 3.05) is 6.61 Å². The minimum atomic E-state index is 0.0373. The number of ether oxygens (including phenoxy) is 1. The lowest BCUT2D eigenvalue weighted by atomic mass is 9.96. The Bertz CT molecular complexity index is 353. The van der Waals surface area contributed by atoms with Crippen molar-refractivity contribution in [3.63, 3.8) is 0 Å². The van der Waals surface area contributed by atoms with Gasteiger partial charge in [0.25, 0.3) is 0 Å². The molecule has 0 saturated carbocycles. The van der Waals surface area contributed by atoms with E-state index in [0.29, 0.717) is 12.5 Å². The summed E-state index contributed by atoms with van der Waals surface area (Å²) < 4.78 is 5.72. The molecule has 0 aliphatic rings. The van der Waals surface area contributed by atoms with E-state index in [1.165, 1.54) is 122 Å². The number of rotatable bonds is 23. The van der Waals surface area contributed by atoms with Crippen LogP contribution in [0.3, 0.4) is 0 Å². The van der Waals surface area contributed by atoms with E-state index in [4.69, 9.17) is 4.74 Å². The molecule has 180 valence electrons. The summed E-state index contributed by atoms with van der Waals surface area (Å²) in [5.74, 6) is 0.667. The van der Waals surface area contributed by atoms with Crippen LogP contribution in [0.25, 0.3) is 0 Å². The fourth-order valence-corrected chi connectivity index (χ4v) is 4.33. The predicted molar refractivity (Wildman–Crippen MR) is 133 cm³/mol. The molecule has 30 heavy (non-hydrogen) atoms. The van der Waals surface area contributed by atoms with E-state index in [1.54, 1.807) is 0 Å². The maximum Gasteiger partial charge on any atom is 0.308 e. The Kier molecular flexibility index (Phi) is 22.7.